The van der Waals surface area contributed by atoms with Gasteiger partial charge in [0, 0.05) is 36.1 Å². The number of nitrogens with two attached hydrogens (primary N) is 2. The third-order valence-corrected chi connectivity index (χ3v) is 7.56. The zero-order valence-corrected chi connectivity index (χ0v) is 24.3. The number of fused-ring (bicyclic) bond motifs is 3. The maximum absolute atomic E-state index is 10.6. The van der Waals surface area contributed by atoms with Crippen LogP contribution >= 0.6 is 0 Å². The van der Waals surface area contributed by atoms with Gasteiger partial charge in [-0.3, -0.25) is 0 Å². The monoisotopic (exact) mass is 560 g/mol. The standard InChI is InChI=1S/C31H40N6O4/c1-5-6-7-26-36-27-28(37(26)18-20-16-22(39)9-11-25(20)40)23-17-21(8-10-24(23)35-29(27)32)31(4,33)13-15-41-14-12-30(2,3)34-19-38/h8-11,16-17,39-40H,5-7,12-15,18,33H2,1-4H3,(H2,32,35). The largest absolute Gasteiger partial charge is 0.508 e. The molecule has 0 amide bonds. The van der Waals surface area contributed by atoms with Crippen molar-refractivity contribution in [3.8, 4) is 11.5 Å². The number of ether oxygens (including phenoxy) is 1. The average Bonchev–Trinajstić information content (AvgIpc) is 3.28. The van der Waals surface area contributed by atoms with Crippen molar-refractivity contribution in [1.29, 1.82) is 0 Å². The maximum Gasteiger partial charge on any atom is 0.235 e. The van der Waals surface area contributed by atoms with Crippen LogP contribution in [0.2, 0.25) is 0 Å². The molecule has 0 spiro atoms. The van der Waals surface area contributed by atoms with E-state index in [4.69, 9.17) is 21.2 Å². The number of aromatic hydroxyl groups is 2. The molecule has 1 atom stereocenters. The number of aryl methyl sites for hydroxylation is 1. The van der Waals surface area contributed by atoms with Crippen molar-refractivity contribution < 1.29 is 19.7 Å². The molecule has 2 aromatic heterocycles. The Labute approximate surface area is 240 Å². The summed E-state index contributed by atoms with van der Waals surface area (Å²) in [6, 6.07) is 10.4. The van der Waals surface area contributed by atoms with Crippen LogP contribution in [0.5, 0.6) is 11.5 Å². The second-order valence-electron chi connectivity index (χ2n) is 11.5. The molecule has 6 N–H and O–H groups in total. The number of unbranched alkanes of at least 4 members (excludes halogenated alkanes) is 1. The lowest BCUT2D eigenvalue weighted by atomic mass is 9.89. The molecule has 0 bridgehead atoms. The second-order valence-corrected chi connectivity index (χ2v) is 11.5. The number of aliphatic imine (C=N–C) groups is 1. The van der Waals surface area contributed by atoms with Gasteiger partial charge in [-0.15, -0.1) is 0 Å². The van der Waals surface area contributed by atoms with Gasteiger partial charge in [0.15, 0.2) is 5.82 Å². The van der Waals surface area contributed by atoms with Crippen molar-refractivity contribution in [2.24, 2.45) is 10.7 Å². The fourth-order valence-electron chi connectivity index (χ4n) is 4.91. The SMILES string of the molecule is CCCCc1nc2c(N)nc3ccc(C(C)(N)CCOCCC(C)(C)N=C=O)cc3c2n1Cc1cc(O)ccc1O. The molecule has 2 aromatic carbocycles. The summed E-state index contributed by atoms with van der Waals surface area (Å²) in [6.45, 7) is 9.02. The number of nitrogens with zero attached hydrogens (tertiary/aromatic N) is 4. The minimum Gasteiger partial charge on any atom is -0.508 e. The summed E-state index contributed by atoms with van der Waals surface area (Å²) >= 11 is 0. The fourth-order valence-corrected chi connectivity index (χ4v) is 4.91. The lowest BCUT2D eigenvalue weighted by Gasteiger charge is -2.26. The van der Waals surface area contributed by atoms with Gasteiger partial charge in [-0.2, -0.15) is 4.99 Å². The number of hydrogen-bond donors (Lipinski definition) is 4. The highest BCUT2D eigenvalue weighted by atomic mass is 16.5. The molecule has 10 heteroatoms. The molecule has 218 valence electrons. The summed E-state index contributed by atoms with van der Waals surface area (Å²) in [5.74, 6) is 1.34. The maximum atomic E-state index is 10.6. The Bertz CT molecular complexity index is 1590. The smallest absolute Gasteiger partial charge is 0.235 e. The average molecular weight is 561 g/mol. The number of aromatic nitrogens is 3. The van der Waals surface area contributed by atoms with Crippen LogP contribution in [0.25, 0.3) is 21.9 Å². The van der Waals surface area contributed by atoms with E-state index in [1.807, 2.05) is 39.0 Å². The summed E-state index contributed by atoms with van der Waals surface area (Å²) in [4.78, 5) is 23.9. The molecule has 0 aliphatic carbocycles. The lowest BCUT2D eigenvalue weighted by Crippen LogP contribution is -2.34. The van der Waals surface area contributed by atoms with Crippen LogP contribution in [-0.2, 0) is 28.0 Å². The molecule has 1 unspecified atom stereocenters. The van der Waals surface area contributed by atoms with Crippen LogP contribution in [0.15, 0.2) is 41.4 Å². The number of isocyanates is 1. The fraction of sp³-hybridized carbons (Fsp3) is 0.452. The van der Waals surface area contributed by atoms with Gasteiger partial charge in [-0.25, -0.2) is 14.8 Å². The number of carbonyl (C=O) groups excluding carboxylic acids is 1. The van der Waals surface area contributed by atoms with E-state index in [0.717, 1.165) is 41.6 Å². The predicted molar refractivity (Wildman–Crippen MR) is 161 cm³/mol. The van der Waals surface area contributed by atoms with Crippen molar-refractivity contribution in [3.05, 3.63) is 53.3 Å². The number of rotatable bonds is 13. The highest BCUT2D eigenvalue weighted by molar-refractivity contribution is 6.07. The number of nitrogen functional groups attached to an aromatic ring is 1. The molecular formula is C31H40N6O4. The third kappa shape index (κ3) is 6.85. The quantitative estimate of drug-likeness (QED) is 0.0764. The van der Waals surface area contributed by atoms with E-state index in [1.54, 1.807) is 12.1 Å². The summed E-state index contributed by atoms with van der Waals surface area (Å²) < 4.78 is 7.90. The van der Waals surface area contributed by atoms with Crippen molar-refractivity contribution in [3.63, 3.8) is 0 Å². The Morgan fingerprint density at radius 2 is 1.83 bits per heavy atom. The second kappa shape index (κ2) is 12.3. The molecule has 2 heterocycles. The van der Waals surface area contributed by atoms with Crippen LogP contribution in [0.1, 0.15) is 70.3 Å². The topological polar surface area (TPSA) is 162 Å². The lowest BCUT2D eigenvalue weighted by molar-refractivity contribution is 0.104. The number of phenols is 2. The minimum absolute atomic E-state index is 0.0757. The van der Waals surface area contributed by atoms with Gasteiger partial charge in [0.2, 0.25) is 6.08 Å². The molecule has 0 radical (unpaired) electrons. The molecular weight excluding hydrogens is 520 g/mol. The molecule has 0 aliphatic heterocycles. The van der Waals surface area contributed by atoms with Crippen molar-refractivity contribution in [2.75, 3.05) is 18.9 Å². The van der Waals surface area contributed by atoms with E-state index in [2.05, 4.69) is 21.5 Å². The van der Waals surface area contributed by atoms with Crippen LogP contribution in [0.3, 0.4) is 0 Å². The Morgan fingerprint density at radius 3 is 2.56 bits per heavy atom. The van der Waals surface area contributed by atoms with E-state index in [0.29, 0.717) is 55.0 Å². The Hall–Kier alpha value is -3.98. The van der Waals surface area contributed by atoms with Gasteiger partial charge < -0.3 is 31.0 Å². The van der Waals surface area contributed by atoms with Gasteiger partial charge in [-0.1, -0.05) is 19.4 Å². The summed E-state index contributed by atoms with van der Waals surface area (Å²) in [5, 5.41) is 21.5. The number of pyridine rings is 1. The molecule has 0 aliphatic rings. The molecule has 41 heavy (non-hydrogen) atoms. The van der Waals surface area contributed by atoms with E-state index >= 15 is 0 Å². The zero-order chi connectivity index (χ0) is 29.8. The predicted octanol–water partition coefficient (Wildman–Crippen LogP) is 5.05. The number of hydrogen-bond acceptors (Lipinski definition) is 9. The van der Waals surface area contributed by atoms with Gasteiger partial charge in [0.25, 0.3) is 0 Å². The van der Waals surface area contributed by atoms with E-state index < -0.39 is 11.1 Å². The summed E-state index contributed by atoms with van der Waals surface area (Å²) in [7, 11) is 0. The van der Waals surface area contributed by atoms with Crippen molar-refractivity contribution in [1.82, 2.24) is 14.5 Å². The summed E-state index contributed by atoms with van der Waals surface area (Å²) in [6.07, 6.45) is 5.44. The van der Waals surface area contributed by atoms with E-state index in [1.165, 1.54) is 12.1 Å². The number of phenolic OH excluding ortho intramolecular Hbond substituents is 2. The van der Waals surface area contributed by atoms with Gasteiger partial charge in [-0.05, 0) is 75.9 Å². The highest BCUT2D eigenvalue weighted by Gasteiger charge is 2.24. The normalized spacial score (nSPS) is 13.4. The van der Waals surface area contributed by atoms with Gasteiger partial charge in [0.05, 0.1) is 23.1 Å². The van der Waals surface area contributed by atoms with Crippen LogP contribution < -0.4 is 11.5 Å². The Kier molecular flexibility index (Phi) is 8.97. The van der Waals surface area contributed by atoms with Gasteiger partial charge in [0.1, 0.15) is 22.8 Å². The van der Waals surface area contributed by atoms with Crippen molar-refractivity contribution >= 4 is 33.8 Å². The highest BCUT2D eigenvalue weighted by Crippen LogP contribution is 2.34. The van der Waals surface area contributed by atoms with Crippen LogP contribution in [0.4, 0.5) is 5.82 Å². The zero-order valence-electron chi connectivity index (χ0n) is 24.3. The molecule has 10 nitrogen and oxygen atoms in total. The molecule has 0 saturated heterocycles. The molecule has 4 rings (SSSR count). The van der Waals surface area contributed by atoms with E-state index in [9.17, 15) is 15.0 Å². The molecule has 0 saturated carbocycles. The molecule has 4 aromatic rings. The first-order chi connectivity index (χ1) is 19.5. The number of benzene rings is 2. The van der Waals surface area contributed by atoms with Crippen molar-refractivity contribution in [2.45, 2.75) is 77.4 Å². The Balaban J connectivity index is 1.71. The minimum atomic E-state index is -0.697. The summed E-state index contributed by atoms with van der Waals surface area (Å²) in [5.41, 5.74) is 15.6. The number of imidazole rings is 1. The molecule has 0 fully saturated rings. The first-order valence-electron chi connectivity index (χ1n) is 14.0. The third-order valence-electron chi connectivity index (χ3n) is 7.56. The van der Waals surface area contributed by atoms with Crippen LogP contribution in [0, 0.1) is 0 Å². The van der Waals surface area contributed by atoms with Crippen LogP contribution in [-0.4, -0.2) is 49.6 Å². The Morgan fingerprint density at radius 1 is 1.07 bits per heavy atom. The first kappa shape index (κ1) is 30.0. The van der Waals surface area contributed by atoms with E-state index in [-0.39, 0.29) is 11.5 Å². The van der Waals surface area contributed by atoms with Gasteiger partial charge >= 0.3 is 0 Å². The first-order valence-corrected chi connectivity index (χ1v) is 14.0. The number of anilines is 1.